The third-order valence-corrected chi connectivity index (χ3v) is 7.48. The van der Waals surface area contributed by atoms with Gasteiger partial charge < -0.3 is 4.42 Å². The van der Waals surface area contributed by atoms with E-state index in [0.717, 1.165) is 38.9 Å². The van der Waals surface area contributed by atoms with Crippen molar-refractivity contribution in [2.45, 2.75) is 33.1 Å². The van der Waals surface area contributed by atoms with E-state index in [2.05, 4.69) is 86.0 Å². The highest BCUT2D eigenvalue weighted by molar-refractivity contribution is 6.11. The molecule has 4 heteroatoms. The van der Waals surface area contributed by atoms with Gasteiger partial charge >= 0.3 is 0 Å². The minimum absolute atomic E-state index is 0.101. The zero-order chi connectivity index (χ0) is 27.3. The fraction of sp³-hybridized carbons (Fsp3) is 0.171. The van der Waals surface area contributed by atoms with E-state index in [1.165, 1.54) is 16.7 Å². The zero-order valence-electron chi connectivity index (χ0n) is 22.9. The zero-order valence-corrected chi connectivity index (χ0v) is 22.9. The number of pyridine rings is 2. The number of fused-ring (bicyclic) bond motifs is 3. The molecule has 6 rings (SSSR count). The molecule has 0 aliphatic carbocycles. The predicted molar refractivity (Wildman–Crippen MR) is 157 cm³/mol. The summed E-state index contributed by atoms with van der Waals surface area (Å²) in [5, 5.41) is 11.6. The van der Waals surface area contributed by atoms with Crippen LogP contribution in [0, 0.1) is 18.3 Å². The maximum Gasteiger partial charge on any atom is 0.227 e. The monoisotopic (exact) mass is 508 g/mol. The second kappa shape index (κ2) is 9.22. The summed E-state index contributed by atoms with van der Waals surface area (Å²) in [5.41, 5.74) is 10.5. The number of hydrogen-bond acceptors (Lipinski definition) is 3. The number of aryl methyl sites for hydroxylation is 2. The molecule has 0 aliphatic heterocycles. The topological polar surface area (TPSA) is 53.7 Å². The molecule has 190 valence electrons. The van der Waals surface area contributed by atoms with Crippen LogP contribution in [0.4, 0.5) is 0 Å². The minimum atomic E-state index is 0.101. The second-order valence-corrected chi connectivity index (χ2v) is 11.2. The van der Waals surface area contributed by atoms with Crippen LogP contribution in [0.25, 0.3) is 55.7 Å². The molecule has 0 spiro atoms. The number of benzene rings is 3. The van der Waals surface area contributed by atoms with E-state index in [1.807, 2.05) is 50.5 Å². The quantitative estimate of drug-likeness (QED) is 0.226. The van der Waals surface area contributed by atoms with Gasteiger partial charge in [-0.25, -0.2) is 9.55 Å². The first-order valence-electron chi connectivity index (χ1n) is 13.2. The summed E-state index contributed by atoms with van der Waals surface area (Å²) in [4.78, 5) is 4.91. The molecule has 0 fully saturated rings. The summed E-state index contributed by atoms with van der Waals surface area (Å²) >= 11 is 0. The lowest BCUT2D eigenvalue weighted by molar-refractivity contribution is -0.660. The Hall–Kier alpha value is -4.75. The molecule has 0 N–H and O–H groups in total. The summed E-state index contributed by atoms with van der Waals surface area (Å²) in [5.74, 6) is 0. The van der Waals surface area contributed by atoms with Crippen LogP contribution in [0.2, 0.25) is 0 Å². The molecule has 4 nitrogen and oxygen atoms in total. The van der Waals surface area contributed by atoms with Gasteiger partial charge in [-0.2, -0.15) is 5.26 Å². The number of furan rings is 1. The molecule has 0 aliphatic rings. The van der Waals surface area contributed by atoms with E-state index in [0.29, 0.717) is 16.9 Å². The van der Waals surface area contributed by atoms with Gasteiger partial charge in [-0.3, -0.25) is 0 Å². The van der Waals surface area contributed by atoms with Crippen molar-refractivity contribution in [3.05, 3.63) is 108 Å². The van der Waals surface area contributed by atoms with E-state index >= 15 is 0 Å². The molecule has 3 aromatic heterocycles. The Bertz CT molecular complexity index is 1920. The van der Waals surface area contributed by atoms with Crippen LogP contribution in [-0.4, -0.2) is 4.98 Å². The third kappa shape index (κ3) is 4.27. The molecule has 0 amide bonds. The van der Waals surface area contributed by atoms with Crippen molar-refractivity contribution in [2.75, 3.05) is 0 Å². The smallest absolute Gasteiger partial charge is 0.227 e. The summed E-state index contributed by atoms with van der Waals surface area (Å²) in [7, 11) is 2.01. The summed E-state index contributed by atoms with van der Waals surface area (Å²) in [6.07, 6.45) is 2.01. The summed E-state index contributed by atoms with van der Waals surface area (Å²) in [6, 6.07) is 31.7. The Balaban J connectivity index is 1.46. The second-order valence-electron chi connectivity index (χ2n) is 11.2. The number of hydrogen-bond donors (Lipinski definition) is 0. The minimum Gasteiger partial charge on any atom is -0.437 e. The molecular weight excluding hydrogens is 478 g/mol. The number of nitriles is 1. The first-order valence-corrected chi connectivity index (χ1v) is 13.2. The van der Waals surface area contributed by atoms with Crippen LogP contribution in [0.5, 0.6) is 0 Å². The SMILES string of the molecule is Cc1cc(C#N)c2c(oc3nc(-c4ccc(-c5cccc(C(C)(C)C)c5)cc4)ccc32)c1-c1cccc[n+]1C. The largest absolute Gasteiger partial charge is 0.437 e. The van der Waals surface area contributed by atoms with Gasteiger partial charge in [-0.05, 0) is 58.9 Å². The van der Waals surface area contributed by atoms with Crippen molar-refractivity contribution in [3.63, 3.8) is 0 Å². The van der Waals surface area contributed by atoms with Gasteiger partial charge in [-0.15, -0.1) is 0 Å². The van der Waals surface area contributed by atoms with E-state index in [-0.39, 0.29) is 5.41 Å². The van der Waals surface area contributed by atoms with Crippen molar-refractivity contribution in [3.8, 4) is 39.7 Å². The highest BCUT2D eigenvalue weighted by Gasteiger charge is 2.23. The van der Waals surface area contributed by atoms with E-state index < -0.39 is 0 Å². The molecule has 39 heavy (non-hydrogen) atoms. The normalized spacial score (nSPS) is 11.7. The van der Waals surface area contributed by atoms with Crippen LogP contribution >= 0.6 is 0 Å². The van der Waals surface area contributed by atoms with Crippen molar-refractivity contribution >= 4 is 22.1 Å². The van der Waals surface area contributed by atoms with E-state index in [1.54, 1.807) is 0 Å². The average Bonchev–Trinajstić information content (AvgIpc) is 3.31. The molecule has 0 unspecified atom stereocenters. The summed E-state index contributed by atoms with van der Waals surface area (Å²) in [6.45, 7) is 8.73. The molecule has 3 aromatic carbocycles. The van der Waals surface area contributed by atoms with Crippen LogP contribution in [-0.2, 0) is 12.5 Å². The molecule has 0 saturated carbocycles. The van der Waals surface area contributed by atoms with Crippen molar-refractivity contribution in [2.24, 2.45) is 7.05 Å². The Kier molecular flexibility index (Phi) is 5.81. The molecule has 6 aromatic rings. The van der Waals surface area contributed by atoms with Gasteiger partial charge in [0.2, 0.25) is 11.4 Å². The summed E-state index contributed by atoms with van der Waals surface area (Å²) < 4.78 is 8.51. The van der Waals surface area contributed by atoms with Crippen molar-refractivity contribution < 1.29 is 8.98 Å². The lowest BCUT2D eigenvalue weighted by atomic mass is 9.85. The first-order chi connectivity index (χ1) is 18.7. The highest BCUT2D eigenvalue weighted by Crippen LogP contribution is 2.39. The number of aromatic nitrogens is 2. The fourth-order valence-corrected chi connectivity index (χ4v) is 5.31. The Morgan fingerprint density at radius 2 is 1.62 bits per heavy atom. The standard InChI is InChI=1S/C35H30N3O/c1-22-19-26(21-36)32-28-16-17-29(37-34(28)39-33(32)31(22)30-11-6-7-18-38(30)5)24-14-12-23(13-15-24)25-9-8-10-27(20-25)35(2,3)4/h6-20H,1-5H3/q+1. The maximum absolute atomic E-state index is 9.95. The van der Waals surface area contributed by atoms with Gasteiger partial charge in [-0.1, -0.05) is 69.3 Å². The van der Waals surface area contributed by atoms with Crippen LogP contribution in [0.3, 0.4) is 0 Å². The number of rotatable bonds is 3. The molecule has 0 bridgehead atoms. The van der Waals surface area contributed by atoms with Gasteiger partial charge in [0.1, 0.15) is 7.05 Å². The van der Waals surface area contributed by atoms with Gasteiger partial charge in [0.15, 0.2) is 11.8 Å². The van der Waals surface area contributed by atoms with Gasteiger partial charge in [0.05, 0.1) is 22.9 Å². The molecular formula is C35H30N3O+. The lowest BCUT2D eigenvalue weighted by Crippen LogP contribution is -2.30. The van der Waals surface area contributed by atoms with Crippen LogP contribution < -0.4 is 4.57 Å². The molecule has 0 radical (unpaired) electrons. The average molecular weight is 509 g/mol. The fourth-order valence-electron chi connectivity index (χ4n) is 5.31. The molecule has 3 heterocycles. The highest BCUT2D eigenvalue weighted by atomic mass is 16.3. The Labute approximate surface area is 228 Å². The van der Waals surface area contributed by atoms with Gasteiger partial charge in [0.25, 0.3) is 0 Å². The number of nitrogens with zero attached hydrogens (tertiary/aromatic N) is 3. The van der Waals surface area contributed by atoms with Crippen molar-refractivity contribution in [1.82, 2.24) is 4.98 Å². The van der Waals surface area contributed by atoms with Crippen molar-refractivity contribution in [1.29, 1.82) is 5.26 Å². The van der Waals surface area contributed by atoms with E-state index in [4.69, 9.17) is 9.40 Å². The third-order valence-electron chi connectivity index (χ3n) is 7.48. The van der Waals surface area contributed by atoms with Crippen LogP contribution in [0.15, 0.2) is 95.5 Å². The van der Waals surface area contributed by atoms with Crippen LogP contribution in [0.1, 0.15) is 37.5 Å². The predicted octanol–water partition coefficient (Wildman–Crippen LogP) is 8.28. The van der Waals surface area contributed by atoms with Gasteiger partial charge in [0, 0.05) is 28.5 Å². The Morgan fingerprint density at radius 1 is 0.846 bits per heavy atom. The molecule has 0 saturated heterocycles. The maximum atomic E-state index is 9.95. The van der Waals surface area contributed by atoms with E-state index in [9.17, 15) is 5.26 Å². The molecule has 0 atom stereocenters. The Morgan fingerprint density at radius 3 is 2.33 bits per heavy atom. The first kappa shape index (κ1) is 24.6. The lowest BCUT2D eigenvalue weighted by Gasteiger charge is -2.19.